The second kappa shape index (κ2) is 9.27. The molecular formula is C26H23ClN2O5. The number of anilines is 1. The number of rotatable bonds is 5. The summed E-state index contributed by atoms with van der Waals surface area (Å²) in [5.74, 6) is 1.69. The van der Waals surface area contributed by atoms with Crippen LogP contribution < -0.4 is 19.5 Å². The maximum Gasteiger partial charge on any atom is 0.264 e. The highest BCUT2D eigenvalue weighted by Crippen LogP contribution is 2.34. The van der Waals surface area contributed by atoms with Crippen LogP contribution in [0.2, 0.25) is 5.02 Å². The van der Waals surface area contributed by atoms with Gasteiger partial charge in [0, 0.05) is 34.9 Å². The van der Waals surface area contributed by atoms with Gasteiger partial charge in [-0.3, -0.25) is 9.59 Å². The minimum absolute atomic E-state index is 0.0804. The molecule has 2 heterocycles. The number of halogens is 1. The zero-order valence-electron chi connectivity index (χ0n) is 18.5. The molecule has 0 bridgehead atoms. The molecule has 7 nitrogen and oxygen atoms in total. The third-order valence-electron chi connectivity index (χ3n) is 5.82. The maximum absolute atomic E-state index is 13.2. The summed E-state index contributed by atoms with van der Waals surface area (Å²) in [6.07, 6.45) is -0.0323. The topological polar surface area (TPSA) is 77.1 Å². The number of ether oxygens (including phenoxy) is 3. The number of amides is 2. The predicted octanol–water partition coefficient (Wildman–Crippen LogP) is 5.02. The number of nitrogens with zero attached hydrogens (tertiary/aromatic N) is 1. The van der Waals surface area contributed by atoms with E-state index in [0.717, 1.165) is 11.1 Å². The van der Waals surface area contributed by atoms with Gasteiger partial charge in [-0.05, 0) is 66.6 Å². The molecule has 34 heavy (non-hydrogen) atoms. The van der Waals surface area contributed by atoms with Gasteiger partial charge in [0.25, 0.3) is 11.8 Å². The number of nitrogens with one attached hydrogen (secondary N) is 1. The molecular weight excluding hydrogens is 456 g/mol. The van der Waals surface area contributed by atoms with Crippen LogP contribution in [0.5, 0.6) is 17.2 Å². The molecule has 2 amide bonds. The Hall–Kier alpha value is -3.71. The van der Waals surface area contributed by atoms with Crippen molar-refractivity contribution in [2.75, 3.05) is 12.1 Å². The summed E-state index contributed by atoms with van der Waals surface area (Å²) in [4.78, 5) is 27.6. The first-order valence-electron chi connectivity index (χ1n) is 11.0. The van der Waals surface area contributed by atoms with Gasteiger partial charge in [-0.25, -0.2) is 0 Å². The van der Waals surface area contributed by atoms with Crippen LogP contribution in [-0.2, 0) is 17.9 Å². The Labute approximate surface area is 202 Å². The molecule has 5 rings (SSSR count). The van der Waals surface area contributed by atoms with Gasteiger partial charge in [-0.1, -0.05) is 24.6 Å². The normalized spacial score (nSPS) is 16.5. The van der Waals surface area contributed by atoms with Gasteiger partial charge in [0.15, 0.2) is 17.6 Å². The molecule has 2 aliphatic rings. The summed E-state index contributed by atoms with van der Waals surface area (Å²) >= 11 is 5.92. The van der Waals surface area contributed by atoms with E-state index in [9.17, 15) is 9.59 Å². The van der Waals surface area contributed by atoms with Crippen LogP contribution in [0.1, 0.15) is 34.8 Å². The second-order valence-electron chi connectivity index (χ2n) is 8.18. The lowest BCUT2D eigenvalue weighted by molar-refractivity contribution is -0.139. The van der Waals surface area contributed by atoms with E-state index in [1.165, 1.54) is 0 Å². The van der Waals surface area contributed by atoms with E-state index >= 15 is 0 Å². The van der Waals surface area contributed by atoms with Gasteiger partial charge in [-0.2, -0.15) is 0 Å². The average Bonchev–Trinajstić information content (AvgIpc) is 3.26. The van der Waals surface area contributed by atoms with Crippen LogP contribution in [0.3, 0.4) is 0 Å². The van der Waals surface area contributed by atoms with E-state index in [1.807, 2.05) is 31.2 Å². The largest absolute Gasteiger partial charge is 0.480 e. The second-order valence-corrected chi connectivity index (χ2v) is 8.62. The summed E-state index contributed by atoms with van der Waals surface area (Å²) in [6.45, 7) is 2.87. The molecule has 2 aliphatic heterocycles. The molecule has 174 valence electrons. The zero-order chi connectivity index (χ0) is 23.7. The number of benzene rings is 3. The van der Waals surface area contributed by atoms with E-state index < -0.39 is 6.10 Å². The molecule has 0 saturated carbocycles. The van der Waals surface area contributed by atoms with Gasteiger partial charge in [0.2, 0.25) is 6.79 Å². The first kappa shape index (κ1) is 22.1. The first-order valence-corrected chi connectivity index (χ1v) is 11.4. The summed E-state index contributed by atoms with van der Waals surface area (Å²) in [5, 5.41) is 3.47. The van der Waals surface area contributed by atoms with Gasteiger partial charge < -0.3 is 24.4 Å². The Balaban J connectivity index is 1.38. The Bertz CT molecular complexity index is 1240. The lowest BCUT2D eigenvalue weighted by Crippen LogP contribution is -2.38. The Morgan fingerprint density at radius 2 is 1.79 bits per heavy atom. The van der Waals surface area contributed by atoms with Crippen molar-refractivity contribution in [1.29, 1.82) is 0 Å². The van der Waals surface area contributed by atoms with Gasteiger partial charge in [0.05, 0.1) is 0 Å². The third-order valence-corrected chi connectivity index (χ3v) is 6.08. The van der Waals surface area contributed by atoms with Crippen LogP contribution in [0.4, 0.5) is 5.69 Å². The smallest absolute Gasteiger partial charge is 0.264 e. The summed E-state index contributed by atoms with van der Waals surface area (Å²) in [7, 11) is 0. The summed E-state index contributed by atoms with van der Waals surface area (Å²) in [6, 6.07) is 17.8. The molecule has 0 fully saturated rings. The lowest BCUT2D eigenvalue weighted by Gasteiger charge is -2.23. The zero-order valence-corrected chi connectivity index (χ0v) is 19.3. The van der Waals surface area contributed by atoms with Gasteiger partial charge in [-0.15, -0.1) is 0 Å². The van der Waals surface area contributed by atoms with Gasteiger partial charge in [0.1, 0.15) is 5.75 Å². The van der Waals surface area contributed by atoms with Crippen molar-refractivity contribution in [2.24, 2.45) is 0 Å². The minimum atomic E-state index is -0.579. The predicted molar refractivity (Wildman–Crippen MR) is 127 cm³/mol. The highest BCUT2D eigenvalue weighted by Gasteiger charge is 2.30. The molecule has 0 saturated heterocycles. The van der Waals surface area contributed by atoms with Crippen LogP contribution in [0.15, 0.2) is 60.7 Å². The van der Waals surface area contributed by atoms with E-state index in [1.54, 1.807) is 41.3 Å². The molecule has 3 aromatic carbocycles. The van der Waals surface area contributed by atoms with Crippen LogP contribution in [0.25, 0.3) is 0 Å². The molecule has 3 aromatic rings. The quantitative estimate of drug-likeness (QED) is 0.557. The molecule has 0 spiro atoms. The third kappa shape index (κ3) is 4.52. The van der Waals surface area contributed by atoms with Crippen molar-refractivity contribution in [1.82, 2.24) is 4.90 Å². The van der Waals surface area contributed by atoms with E-state index in [2.05, 4.69) is 5.32 Å². The number of carbonyl (C=O) groups is 2. The van der Waals surface area contributed by atoms with Gasteiger partial charge >= 0.3 is 0 Å². The lowest BCUT2D eigenvalue weighted by atomic mass is 10.1. The standard InChI is InChI=1S/C26H23ClN2O5/c1-2-21-26(31)29(13-16-3-9-23-24(11-16)33-15-32-23)14-18-12-20(8-10-22(18)34-21)28-25(30)17-4-6-19(27)7-5-17/h3-12,21H,2,13-15H2,1H3,(H,28,30). The van der Waals surface area contributed by atoms with Crippen molar-refractivity contribution in [3.05, 3.63) is 82.4 Å². The fraction of sp³-hybridized carbons (Fsp3) is 0.231. The van der Waals surface area contributed by atoms with Crippen molar-refractivity contribution in [2.45, 2.75) is 32.5 Å². The number of carbonyl (C=O) groups excluding carboxylic acids is 2. The monoisotopic (exact) mass is 478 g/mol. The van der Waals surface area contributed by atoms with Crippen molar-refractivity contribution in [3.63, 3.8) is 0 Å². The molecule has 0 radical (unpaired) electrons. The molecule has 0 aromatic heterocycles. The highest BCUT2D eigenvalue weighted by molar-refractivity contribution is 6.30. The molecule has 1 unspecified atom stereocenters. The van der Waals surface area contributed by atoms with Crippen LogP contribution >= 0.6 is 11.6 Å². The van der Waals surface area contributed by atoms with Crippen LogP contribution in [0, 0.1) is 0 Å². The number of hydrogen-bond acceptors (Lipinski definition) is 5. The fourth-order valence-corrected chi connectivity index (χ4v) is 4.17. The average molecular weight is 479 g/mol. The van der Waals surface area contributed by atoms with Crippen molar-refractivity contribution < 1.29 is 23.8 Å². The molecule has 8 heteroatoms. The highest BCUT2D eigenvalue weighted by atomic mass is 35.5. The Morgan fingerprint density at radius 3 is 2.59 bits per heavy atom. The molecule has 1 N–H and O–H groups in total. The van der Waals surface area contributed by atoms with E-state index in [-0.39, 0.29) is 18.6 Å². The maximum atomic E-state index is 13.2. The molecule has 0 aliphatic carbocycles. The van der Waals surface area contributed by atoms with E-state index in [4.69, 9.17) is 25.8 Å². The fourth-order valence-electron chi connectivity index (χ4n) is 4.04. The van der Waals surface area contributed by atoms with Crippen molar-refractivity contribution in [3.8, 4) is 17.2 Å². The Morgan fingerprint density at radius 1 is 1.03 bits per heavy atom. The van der Waals surface area contributed by atoms with E-state index in [0.29, 0.717) is 53.0 Å². The number of fused-ring (bicyclic) bond motifs is 2. The minimum Gasteiger partial charge on any atom is -0.480 e. The summed E-state index contributed by atoms with van der Waals surface area (Å²) < 4.78 is 16.9. The summed E-state index contributed by atoms with van der Waals surface area (Å²) in [5.41, 5.74) is 2.87. The Kier molecular flexibility index (Phi) is 6.02. The first-order chi connectivity index (χ1) is 16.5. The van der Waals surface area contributed by atoms with Crippen molar-refractivity contribution >= 4 is 29.1 Å². The van der Waals surface area contributed by atoms with Crippen LogP contribution in [-0.4, -0.2) is 29.6 Å². The number of hydrogen-bond donors (Lipinski definition) is 1. The molecule has 1 atom stereocenters. The SMILES string of the molecule is CCC1Oc2ccc(NC(=O)c3ccc(Cl)cc3)cc2CN(Cc2ccc3c(c2)OCO3)C1=O.